The van der Waals surface area contributed by atoms with E-state index in [2.05, 4.69) is 5.32 Å². The number of amides is 2. The van der Waals surface area contributed by atoms with Crippen LogP contribution in [0.4, 0.5) is 5.69 Å². The Morgan fingerprint density at radius 3 is 2.53 bits per heavy atom. The van der Waals surface area contributed by atoms with Crippen LogP contribution in [0.5, 0.6) is 5.75 Å². The molecule has 180 valence electrons. The van der Waals surface area contributed by atoms with Crippen molar-refractivity contribution in [2.24, 2.45) is 0 Å². The smallest absolute Gasteiger partial charge is 0.243 e. The number of nitrogens with one attached hydrogen (secondary N) is 1. The molecule has 0 aliphatic carbocycles. The zero-order valence-corrected chi connectivity index (χ0v) is 20.2. The molecule has 9 heteroatoms. The Kier molecular flexibility index (Phi) is 7.04. The SMILES string of the molecule is COc1ccc(S(=O)(=O)N2CCCCC2)cc1NC(=O)C[C@@H]1c2ccccc2C=CN1C(C)=O. The summed E-state index contributed by atoms with van der Waals surface area (Å²) >= 11 is 0. The third-order valence-electron chi connectivity index (χ3n) is 6.25. The van der Waals surface area contributed by atoms with Gasteiger partial charge in [0, 0.05) is 26.2 Å². The number of methoxy groups -OCH3 is 1. The maximum Gasteiger partial charge on any atom is 0.243 e. The first-order chi connectivity index (χ1) is 16.3. The number of piperidine rings is 1. The Morgan fingerprint density at radius 1 is 1.09 bits per heavy atom. The lowest BCUT2D eigenvalue weighted by Crippen LogP contribution is -2.35. The van der Waals surface area contributed by atoms with E-state index in [1.807, 2.05) is 30.3 Å². The van der Waals surface area contributed by atoms with Crippen molar-refractivity contribution in [2.45, 2.75) is 43.5 Å². The average molecular weight is 484 g/mol. The fraction of sp³-hybridized carbons (Fsp3) is 0.360. The van der Waals surface area contributed by atoms with Crippen molar-refractivity contribution in [1.82, 2.24) is 9.21 Å². The van der Waals surface area contributed by atoms with Crippen LogP contribution in [-0.4, -0.2) is 49.6 Å². The second-order valence-electron chi connectivity index (χ2n) is 8.47. The number of carbonyl (C=O) groups excluding carboxylic acids is 2. The van der Waals surface area contributed by atoms with Crippen LogP contribution < -0.4 is 10.1 Å². The van der Waals surface area contributed by atoms with Crippen LogP contribution >= 0.6 is 0 Å². The molecule has 0 spiro atoms. The molecular weight excluding hydrogens is 454 g/mol. The lowest BCUT2D eigenvalue weighted by molar-refractivity contribution is -0.129. The molecule has 2 amide bonds. The van der Waals surface area contributed by atoms with Gasteiger partial charge in [0.2, 0.25) is 21.8 Å². The van der Waals surface area contributed by atoms with E-state index < -0.39 is 16.1 Å². The van der Waals surface area contributed by atoms with E-state index in [9.17, 15) is 18.0 Å². The van der Waals surface area contributed by atoms with Gasteiger partial charge in [0.05, 0.1) is 30.2 Å². The van der Waals surface area contributed by atoms with Crippen LogP contribution in [0, 0.1) is 0 Å². The standard InChI is InChI=1S/C25H29N3O5S/c1-18(29)28-15-12-19-8-4-5-9-21(19)23(28)17-25(30)26-22-16-20(10-11-24(22)33-2)34(31,32)27-13-6-3-7-14-27/h4-5,8-12,15-16,23H,3,6-7,13-14,17H2,1-2H3,(H,26,30)/t23-/m1/s1. The summed E-state index contributed by atoms with van der Waals surface area (Å²) in [5.41, 5.74) is 2.10. The molecule has 1 saturated heterocycles. The summed E-state index contributed by atoms with van der Waals surface area (Å²) in [6.45, 7) is 2.44. The van der Waals surface area contributed by atoms with Gasteiger partial charge < -0.3 is 15.0 Å². The van der Waals surface area contributed by atoms with Crippen molar-refractivity contribution in [3.05, 3.63) is 59.8 Å². The molecule has 2 aromatic carbocycles. The van der Waals surface area contributed by atoms with Crippen molar-refractivity contribution in [1.29, 1.82) is 0 Å². The first-order valence-electron chi connectivity index (χ1n) is 11.4. The quantitative estimate of drug-likeness (QED) is 0.675. The summed E-state index contributed by atoms with van der Waals surface area (Å²) in [6, 6.07) is 11.6. The highest BCUT2D eigenvalue weighted by molar-refractivity contribution is 7.89. The highest BCUT2D eigenvalue weighted by Gasteiger charge is 2.30. The zero-order chi connectivity index (χ0) is 24.3. The summed E-state index contributed by atoms with van der Waals surface area (Å²) in [6.07, 6.45) is 6.24. The summed E-state index contributed by atoms with van der Waals surface area (Å²) in [7, 11) is -2.21. The third-order valence-corrected chi connectivity index (χ3v) is 8.14. The van der Waals surface area contributed by atoms with E-state index in [0.29, 0.717) is 18.8 Å². The number of benzene rings is 2. The molecule has 0 aromatic heterocycles. The van der Waals surface area contributed by atoms with Gasteiger partial charge >= 0.3 is 0 Å². The predicted octanol–water partition coefficient (Wildman–Crippen LogP) is 3.77. The molecule has 34 heavy (non-hydrogen) atoms. The van der Waals surface area contributed by atoms with Gasteiger partial charge in [-0.15, -0.1) is 0 Å². The van der Waals surface area contributed by atoms with Crippen LogP contribution in [0.15, 0.2) is 53.6 Å². The van der Waals surface area contributed by atoms with E-state index in [1.165, 1.54) is 35.4 Å². The largest absolute Gasteiger partial charge is 0.495 e. The highest BCUT2D eigenvalue weighted by atomic mass is 32.2. The van der Waals surface area contributed by atoms with Crippen molar-refractivity contribution in [2.75, 3.05) is 25.5 Å². The van der Waals surface area contributed by atoms with Gasteiger partial charge in [-0.05, 0) is 48.2 Å². The number of hydrogen-bond donors (Lipinski definition) is 1. The number of anilines is 1. The molecule has 1 N–H and O–H groups in total. The van der Waals surface area contributed by atoms with Crippen molar-refractivity contribution >= 4 is 33.6 Å². The molecule has 1 fully saturated rings. The minimum Gasteiger partial charge on any atom is -0.495 e. The average Bonchev–Trinajstić information content (AvgIpc) is 2.84. The Bertz CT molecular complexity index is 1220. The molecule has 0 unspecified atom stereocenters. The first-order valence-corrected chi connectivity index (χ1v) is 12.8. The number of rotatable bonds is 6. The summed E-state index contributed by atoms with van der Waals surface area (Å²) in [4.78, 5) is 27.0. The van der Waals surface area contributed by atoms with E-state index >= 15 is 0 Å². The van der Waals surface area contributed by atoms with Gasteiger partial charge in [-0.3, -0.25) is 9.59 Å². The Balaban J connectivity index is 1.58. The fourth-order valence-corrected chi connectivity index (χ4v) is 6.03. The number of nitrogens with zero attached hydrogens (tertiary/aromatic N) is 2. The van der Waals surface area contributed by atoms with Gasteiger partial charge in [-0.25, -0.2) is 8.42 Å². The van der Waals surface area contributed by atoms with E-state index in [1.54, 1.807) is 12.3 Å². The van der Waals surface area contributed by atoms with Crippen LogP contribution in [-0.2, 0) is 19.6 Å². The van der Waals surface area contributed by atoms with E-state index in [-0.39, 0.29) is 28.8 Å². The van der Waals surface area contributed by atoms with Crippen LogP contribution in [0.3, 0.4) is 0 Å². The second-order valence-corrected chi connectivity index (χ2v) is 10.4. The van der Waals surface area contributed by atoms with Gasteiger partial charge in [0.1, 0.15) is 5.75 Å². The number of hydrogen-bond acceptors (Lipinski definition) is 5. The van der Waals surface area contributed by atoms with Crippen LogP contribution in [0.2, 0.25) is 0 Å². The Labute approximate surface area is 200 Å². The zero-order valence-electron chi connectivity index (χ0n) is 19.4. The fourth-order valence-electron chi connectivity index (χ4n) is 4.49. The van der Waals surface area contributed by atoms with Crippen molar-refractivity contribution < 1.29 is 22.7 Å². The monoisotopic (exact) mass is 483 g/mol. The molecular formula is C25H29N3O5S. The normalized spacial score (nSPS) is 18.3. The third kappa shape index (κ3) is 4.85. The Hall–Kier alpha value is -3.17. The van der Waals surface area contributed by atoms with Gasteiger partial charge in [0.15, 0.2) is 0 Å². The summed E-state index contributed by atoms with van der Waals surface area (Å²) < 4.78 is 33.1. The van der Waals surface area contributed by atoms with Crippen molar-refractivity contribution in [3.63, 3.8) is 0 Å². The molecule has 0 bridgehead atoms. The van der Waals surface area contributed by atoms with Gasteiger partial charge in [0.25, 0.3) is 0 Å². The van der Waals surface area contributed by atoms with Crippen LogP contribution in [0.1, 0.15) is 49.8 Å². The Morgan fingerprint density at radius 2 is 1.82 bits per heavy atom. The number of sulfonamides is 1. The molecule has 0 radical (unpaired) electrons. The topological polar surface area (TPSA) is 96.0 Å². The molecule has 2 heterocycles. The lowest BCUT2D eigenvalue weighted by atomic mass is 9.93. The minimum absolute atomic E-state index is 0.00713. The minimum atomic E-state index is -3.67. The molecule has 2 aliphatic heterocycles. The molecule has 2 aromatic rings. The molecule has 2 aliphatic rings. The van der Waals surface area contributed by atoms with Crippen LogP contribution in [0.25, 0.3) is 6.08 Å². The summed E-state index contributed by atoms with van der Waals surface area (Å²) in [5.74, 6) is -0.166. The maximum atomic E-state index is 13.1. The number of carbonyl (C=O) groups is 2. The van der Waals surface area contributed by atoms with E-state index in [4.69, 9.17) is 4.74 Å². The van der Waals surface area contributed by atoms with Crippen molar-refractivity contribution in [3.8, 4) is 5.75 Å². The highest BCUT2D eigenvalue weighted by Crippen LogP contribution is 2.34. The predicted molar refractivity (Wildman–Crippen MR) is 130 cm³/mol. The second kappa shape index (κ2) is 9.99. The molecule has 8 nitrogen and oxygen atoms in total. The van der Waals surface area contributed by atoms with E-state index in [0.717, 1.165) is 30.4 Å². The van der Waals surface area contributed by atoms with Gasteiger partial charge in [-0.1, -0.05) is 30.7 Å². The lowest BCUT2D eigenvalue weighted by Gasteiger charge is -2.32. The number of ether oxygens (including phenoxy) is 1. The van der Waals surface area contributed by atoms with Gasteiger partial charge in [-0.2, -0.15) is 4.31 Å². The first kappa shape index (κ1) is 24.0. The summed E-state index contributed by atoms with van der Waals surface area (Å²) in [5, 5.41) is 2.81. The molecule has 0 saturated carbocycles. The number of fused-ring (bicyclic) bond motifs is 1. The molecule has 1 atom stereocenters. The maximum absolute atomic E-state index is 13.1. The molecule has 4 rings (SSSR count).